The van der Waals surface area contributed by atoms with Crippen molar-refractivity contribution in [2.75, 3.05) is 29.1 Å². The second kappa shape index (κ2) is 10.8. The third kappa shape index (κ3) is 5.74. The first-order valence-corrected chi connectivity index (χ1v) is 12.6. The Morgan fingerprint density at radius 1 is 0.943 bits per heavy atom. The summed E-state index contributed by atoms with van der Waals surface area (Å²) in [5, 5.41) is 5.60. The molecule has 0 aromatic heterocycles. The minimum atomic E-state index is -0.348. The van der Waals surface area contributed by atoms with Gasteiger partial charge in [0, 0.05) is 22.8 Å². The number of para-hydroxylation sites is 1. The summed E-state index contributed by atoms with van der Waals surface area (Å²) < 4.78 is 0. The van der Waals surface area contributed by atoms with Gasteiger partial charge in [-0.2, -0.15) is 0 Å². The molecule has 0 spiro atoms. The summed E-state index contributed by atoms with van der Waals surface area (Å²) in [6.45, 7) is 6.44. The second-order valence-corrected chi connectivity index (χ2v) is 9.73. The summed E-state index contributed by atoms with van der Waals surface area (Å²) in [5.74, 6) is -0.398. The lowest BCUT2D eigenvalue weighted by Crippen LogP contribution is -2.33. The molecule has 180 valence electrons. The van der Waals surface area contributed by atoms with Crippen molar-refractivity contribution in [3.63, 3.8) is 0 Å². The van der Waals surface area contributed by atoms with Crippen LogP contribution >= 0.6 is 11.8 Å². The van der Waals surface area contributed by atoms with Crippen molar-refractivity contribution in [1.29, 1.82) is 0 Å². The number of amides is 3. The molecule has 35 heavy (non-hydrogen) atoms. The van der Waals surface area contributed by atoms with Crippen molar-refractivity contribution < 1.29 is 14.4 Å². The zero-order valence-electron chi connectivity index (χ0n) is 20.2. The van der Waals surface area contributed by atoms with Crippen LogP contribution in [0.4, 0.5) is 11.4 Å². The SMILES string of the molecule is Cc1cc(C)c(NC(=O)CNC(=O)c2ccccc2SCC(=O)N2CCc3ccccc32)c(C)c1. The van der Waals surface area contributed by atoms with Crippen LogP contribution in [0.1, 0.15) is 32.6 Å². The van der Waals surface area contributed by atoms with Gasteiger partial charge in [-0.05, 0) is 62.1 Å². The quantitative estimate of drug-likeness (QED) is 0.475. The molecule has 0 bridgehead atoms. The normalized spacial score (nSPS) is 12.3. The van der Waals surface area contributed by atoms with E-state index in [2.05, 4.69) is 10.6 Å². The molecule has 1 aliphatic rings. The van der Waals surface area contributed by atoms with Gasteiger partial charge in [0.15, 0.2) is 0 Å². The molecule has 1 aliphatic heterocycles. The third-order valence-corrected chi connectivity index (χ3v) is 7.08. The standard InChI is InChI=1S/C28H29N3O3S/c1-18-14-19(2)27(20(3)15-18)30-25(32)16-29-28(34)22-9-5-7-11-24(22)35-17-26(33)31-13-12-21-8-4-6-10-23(21)31/h4-11,14-15H,12-13,16-17H2,1-3H3,(H,29,34)(H,30,32). The molecule has 0 unspecified atom stereocenters. The fourth-order valence-corrected chi connectivity index (χ4v) is 5.34. The molecule has 0 aliphatic carbocycles. The van der Waals surface area contributed by atoms with E-state index in [4.69, 9.17) is 0 Å². The molecule has 0 radical (unpaired) electrons. The maximum atomic E-state index is 12.9. The van der Waals surface area contributed by atoms with Crippen molar-refractivity contribution in [3.05, 3.63) is 88.5 Å². The number of carbonyl (C=O) groups excluding carboxylic acids is 3. The molecule has 0 atom stereocenters. The van der Waals surface area contributed by atoms with Crippen LogP contribution in [0, 0.1) is 20.8 Å². The lowest BCUT2D eigenvalue weighted by molar-refractivity contribution is -0.116. The third-order valence-electron chi connectivity index (χ3n) is 6.02. The predicted octanol–water partition coefficient (Wildman–Crippen LogP) is 4.66. The van der Waals surface area contributed by atoms with E-state index < -0.39 is 0 Å². The van der Waals surface area contributed by atoms with E-state index in [1.165, 1.54) is 17.3 Å². The molecule has 3 aromatic carbocycles. The van der Waals surface area contributed by atoms with Crippen LogP contribution in [0.2, 0.25) is 0 Å². The Labute approximate surface area is 210 Å². The minimum absolute atomic E-state index is 0.0124. The number of hydrogen-bond donors (Lipinski definition) is 2. The summed E-state index contributed by atoms with van der Waals surface area (Å²) in [6, 6.07) is 19.1. The fraction of sp³-hybridized carbons (Fsp3) is 0.250. The Kier molecular flexibility index (Phi) is 7.56. The van der Waals surface area contributed by atoms with Crippen LogP contribution < -0.4 is 15.5 Å². The average Bonchev–Trinajstić information content (AvgIpc) is 3.28. The molecule has 0 saturated carbocycles. The van der Waals surface area contributed by atoms with Gasteiger partial charge >= 0.3 is 0 Å². The molecule has 3 amide bonds. The van der Waals surface area contributed by atoms with Crippen molar-refractivity contribution in [2.24, 2.45) is 0 Å². The number of fused-ring (bicyclic) bond motifs is 1. The topological polar surface area (TPSA) is 78.5 Å². The first kappa shape index (κ1) is 24.5. The molecule has 0 saturated heterocycles. The number of anilines is 2. The van der Waals surface area contributed by atoms with E-state index >= 15 is 0 Å². The highest BCUT2D eigenvalue weighted by atomic mass is 32.2. The van der Waals surface area contributed by atoms with E-state index in [0.717, 1.165) is 34.5 Å². The van der Waals surface area contributed by atoms with E-state index in [0.29, 0.717) is 17.0 Å². The summed E-state index contributed by atoms with van der Waals surface area (Å²) in [7, 11) is 0. The molecular weight excluding hydrogens is 458 g/mol. The van der Waals surface area contributed by atoms with Gasteiger partial charge in [0.25, 0.3) is 5.91 Å². The highest BCUT2D eigenvalue weighted by Gasteiger charge is 2.24. The molecular formula is C28H29N3O3S. The van der Waals surface area contributed by atoms with Gasteiger partial charge in [0.1, 0.15) is 0 Å². The van der Waals surface area contributed by atoms with Gasteiger partial charge in [0.05, 0.1) is 17.9 Å². The van der Waals surface area contributed by atoms with Crippen LogP contribution in [0.15, 0.2) is 65.6 Å². The lowest BCUT2D eigenvalue weighted by atomic mass is 10.1. The maximum Gasteiger partial charge on any atom is 0.252 e. The second-order valence-electron chi connectivity index (χ2n) is 8.71. The Morgan fingerprint density at radius 3 is 2.40 bits per heavy atom. The van der Waals surface area contributed by atoms with Gasteiger partial charge in [-0.3, -0.25) is 14.4 Å². The van der Waals surface area contributed by atoms with Gasteiger partial charge < -0.3 is 15.5 Å². The van der Waals surface area contributed by atoms with Crippen LogP contribution in [0.5, 0.6) is 0 Å². The predicted molar refractivity (Wildman–Crippen MR) is 141 cm³/mol. The average molecular weight is 488 g/mol. The Bertz CT molecular complexity index is 1260. The van der Waals surface area contributed by atoms with Gasteiger partial charge in [0.2, 0.25) is 11.8 Å². The van der Waals surface area contributed by atoms with Gasteiger partial charge in [-0.1, -0.05) is 48.0 Å². The number of thioether (sulfide) groups is 1. The Hall–Kier alpha value is -3.58. The van der Waals surface area contributed by atoms with Crippen molar-refractivity contribution >= 4 is 40.9 Å². The smallest absolute Gasteiger partial charge is 0.252 e. The van der Waals surface area contributed by atoms with Gasteiger partial charge in [-0.25, -0.2) is 0 Å². The molecule has 4 rings (SSSR count). The van der Waals surface area contributed by atoms with E-state index in [9.17, 15) is 14.4 Å². The molecule has 0 fully saturated rings. The van der Waals surface area contributed by atoms with Crippen LogP contribution in [0.3, 0.4) is 0 Å². The van der Waals surface area contributed by atoms with E-state index in [1.807, 2.05) is 74.2 Å². The number of nitrogens with zero attached hydrogens (tertiary/aromatic N) is 1. The van der Waals surface area contributed by atoms with Crippen LogP contribution in [-0.4, -0.2) is 36.6 Å². The molecule has 3 aromatic rings. The maximum absolute atomic E-state index is 12.9. The highest BCUT2D eigenvalue weighted by molar-refractivity contribution is 8.00. The van der Waals surface area contributed by atoms with E-state index in [-0.39, 0.29) is 30.0 Å². The van der Waals surface area contributed by atoms with Crippen LogP contribution in [0.25, 0.3) is 0 Å². The number of aryl methyl sites for hydroxylation is 3. The summed E-state index contributed by atoms with van der Waals surface area (Å²) in [6.07, 6.45) is 0.856. The molecule has 6 nitrogen and oxygen atoms in total. The Morgan fingerprint density at radius 2 is 1.63 bits per heavy atom. The summed E-state index contributed by atoms with van der Waals surface area (Å²) >= 11 is 1.33. The number of benzene rings is 3. The zero-order valence-corrected chi connectivity index (χ0v) is 21.0. The number of rotatable bonds is 7. The van der Waals surface area contributed by atoms with E-state index in [1.54, 1.807) is 12.1 Å². The van der Waals surface area contributed by atoms with Crippen molar-refractivity contribution in [2.45, 2.75) is 32.1 Å². The van der Waals surface area contributed by atoms with Crippen molar-refractivity contribution in [1.82, 2.24) is 5.32 Å². The summed E-state index contributed by atoms with van der Waals surface area (Å²) in [4.78, 5) is 40.8. The number of nitrogens with one attached hydrogen (secondary N) is 2. The first-order chi connectivity index (χ1) is 16.8. The van der Waals surface area contributed by atoms with Crippen LogP contribution in [-0.2, 0) is 16.0 Å². The number of carbonyl (C=O) groups is 3. The zero-order chi connectivity index (χ0) is 24.9. The highest BCUT2D eigenvalue weighted by Crippen LogP contribution is 2.30. The largest absolute Gasteiger partial charge is 0.343 e. The fourth-order valence-electron chi connectivity index (χ4n) is 4.41. The number of hydrogen-bond acceptors (Lipinski definition) is 4. The first-order valence-electron chi connectivity index (χ1n) is 11.6. The lowest BCUT2D eigenvalue weighted by Gasteiger charge is -2.17. The van der Waals surface area contributed by atoms with Crippen molar-refractivity contribution in [3.8, 4) is 0 Å². The van der Waals surface area contributed by atoms with Gasteiger partial charge in [-0.15, -0.1) is 11.8 Å². The monoisotopic (exact) mass is 487 g/mol. The molecule has 2 N–H and O–H groups in total. The molecule has 7 heteroatoms. The minimum Gasteiger partial charge on any atom is -0.343 e. The molecule has 1 heterocycles. The summed E-state index contributed by atoms with van der Waals surface area (Å²) in [5.41, 5.74) is 6.46. The Balaban J connectivity index is 1.35.